The van der Waals surface area contributed by atoms with E-state index in [2.05, 4.69) is 31.1 Å². The first-order chi connectivity index (χ1) is 8.72. The van der Waals surface area contributed by atoms with Gasteiger partial charge in [0.2, 0.25) is 0 Å². The van der Waals surface area contributed by atoms with Gasteiger partial charge >= 0.3 is 0 Å². The van der Waals surface area contributed by atoms with Gasteiger partial charge in [-0.25, -0.2) is 0 Å². The molecule has 98 valence electrons. The highest BCUT2D eigenvalue weighted by molar-refractivity contribution is 5.81. The maximum absolute atomic E-state index is 5.72. The Hall–Kier alpha value is -1.39. The quantitative estimate of drug-likeness (QED) is 0.796. The van der Waals surface area contributed by atoms with Crippen LogP contribution in [0.3, 0.4) is 0 Å². The van der Waals surface area contributed by atoms with E-state index in [1.165, 1.54) is 0 Å². The predicted octanol–water partition coefficient (Wildman–Crippen LogP) is 2.17. The van der Waals surface area contributed by atoms with Crippen molar-refractivity contribution in [2.45, 2.75) is 26.9 Å². The molecular formula is C14H21N3O. The Bertz CT molecular complexity index is 505. The lowest BCUT2D eigenvalue weighted by molar-refractivity contribution is 0.102. The van der Waals surface area contributed by atoms with Crippen molar-refractivity contribution in [2.75, 3.05) is 13.2 Å². The van der Waals surface area contributed by atoms with Crippen LogP contribution in [0.1, 0.15) is 19.5 Å². The molecular weight excluding hydrogens is 226 g/mol. The number of hydrogen-bond acceptors (Lipinski definition) is 3. The summed E-state index contributed by atoms with van der Waals surface area (Å²) in [6, 6.07) is 8.18. The summed E-state index contributed by atoms with van der Waals surface area (Å²) in [5.74, 6) is 0.568. The predicted molar refractivity (Wildman–Crippen MR) is 73.3 cm³/mol. The molecule has 1 aromatic heterocycles. The SMILES string of the molecule is CC(C)COCCn1nc(CN)c2ccccc21. The van der Waals surface area contributed by atoms with Crippen LogP contribution in [0.25, 0.3) is 10.9 Å². The number of nitrogens with two attached hydrogens (primary N) is 1. The molecule has 2 aromatic rings. The minimum Gasteiger partial charge on any atom is -0.379 e. The van der Waals surface area contributed by atoms with Crippen LogP contribution in [0.2, 0.25) is 0 Å². The Morgan fingerprint density at radius 2 is 2.11 bits per heavy atom. The number of benzene rings is 1. The number of para-hydroxylation sites is 1. The molecule has 2 rings (SSSR count). The minimum absolute atomic E-state index is 0.473. The molecule has 0 saturated carbocycles. The van der Waals surface area contributed by atoms with E-state index in [0.717, 1.165) is 29.7 Å². The number of nitrogens with zero attached hydrogens (tertiary/aromatic N) is 2. The molecule has 0 saturated heterocycles. The van der Waals surface area contributed by atoms with Gasteiger partial charge in [0.15, 0.2) is 0 Å². The molecule has 0 unspecified atom stereocenters. The van der Waals surface area contributed by atoms with Crippen LogP contribution in [0.4, 0.5) is 0 Å². The smallest absolute Gasteiger partial charge is 0.0839 e. The Labute approximate surface area is 108 Å². The van der Waals surface area contributed by atoms with Crippen molar-refractivity contribution in [1.29, 1.82) is 0 Å². The molecule has 0 aliphatic carbocycles. The summed E-state index contributed by atoms with van der Waals surface area (Å²) < 4.78 is 7.58. The lowest BCUT2D eigenvalue weighted by Crippen LogP contribution is -2.11. The van der Waals surface area contributed by atoms with Gasteiger partial charge in [-0.1, -0.05) is 32.0 Å². The van der Waals surface area contributed by atoms with Crippen molar-refractivity contribution in [3.8, 4) is 0 Å². The van der Waals surface area contributed by atoms with Crippen LogP contribution in [-0.2, 0) is 17.8 Å². The maximum Gasteiger partial charge on any atom is 0.0839 e. The third kappa shape index (κ3) is 2.89. The standard InChI is InChI=1S/C14H21N3O/c1-11(2)10-18-8-7-17-14-6-4-3-5-12(14)13(9-15)16-17/h3-6,11H,7-10,15H2,1-2H3. The van der Waals surface area contributed by atoms with Gasteiger partial charge in [-0.2, -0.15) is 5.10 Å². The van der Waals surface area contributed by atoms with Crippen molar-refractivity contribution >= 4 is 10.9 Å². The average molecular weight is 247 g/mol. The molecule has 0 spiro atoms. The van der Waals surface area contributed by atoms with Crippen LogP contribution in [-0.4, -0.2) is 23.0 Å². The number of fused-ring (bicyclic) bond motifs is 1. The largest absolute Gasteiger partial charge is 0.379 e. The zero-order chi connectivity index (χ0) is 13.0. The van der Waals surface area contributed by atoms with E-state index in [4.69, 9.17) is 10.5 Å². The van der Waals surface area contributed by atoms with Crippen molar-refractivity contribution < 1.29 is 4.74 Å². The topological polar surface area (TPSA) is 53.1 Å². The number of rotatable bonds is 6. The summed E-state index contributed by atoms with van der Waals surface area (Å²) in [5.41, 5.74) is 7.80. The molecule has 4 heteroatoms. The van der Waals surface area contributed by atoms with Gasteiger partial charge in [0.25, 0.3) is 0 Å². The van der Waals surface area contributed by atoms with Gasteiger partial charge in [0.05, 0.1) is 24.4 Å². The average Bonchev–Trinajstić information content (AvgIpc) is 2.73. The molecule has 1 aromatic carbocycles. The molecule has 2 N–H and O–H groups in total. The highest BCUT2D eigenvalue weighted by atomic mass is 16.5. The zero-order valence-corrected chi connectivity index (χ0v) is 11.1. The fourth-order valence-electron chi connectivity index (χ4n) is 1.99. The third-order valence-corrected chi connectivity index (χ3v) is 2.83. The minimum atomic E-state index is 0.473. The Balaban J connectivity index is 2.08. The Kier molecular flexibility index (Phi) is 4.33. The van der Waals surface area contributed by atoms with Crippen molar-refractivity contribution in [3.05, 3.63) is 30.0 Å². The third-order valence-electron chi connectivity index (χ3n) is 2.83. The number of hydrogen-bond donors (Lipinski definition) is 1. The summed E-state index contributed by atoms with van der Waals surface area (Å²) in [7, 11) is 0. The van der Waals surface area contributed by atoms with E-state index in [9.17, 15) is 0 Å². The van der Waals surface area contributed by atoms with Crippen LogP contribution in [0.5, 0.6) is 0 Å². The lowest BCUT2D eigenvalue weighted by Gasteiger charge is -2.07. The molecule has 1 heterocycles. The summed E-state index contributed by atoms with van der Waals surface area (Å²) in [4.78, 5) is 0. The fraction of sp³-hybridized carbons (Fsp3) is 0.500. The van der Waals surface area contributed by atoms with Gasteiger partial charge < -0.3 is 10.5 Å². The molecule has 0 fully saturated rings. The molecule has 0 radical (unpaired) electrons. The molecule has 0 atom stereocenters. The lowest BCUT2D eigenvalue weighted by atomic mass is 10.2. The van der Waals surface area contributed by atoms with Crippen LogP contribution >= 0.6 is 0 Å². The Morgan fingerprint density at radius 1 is 1.33 bits per heavy atom. The van der Waals surface area contributed by atoms with Gasteiger partial charge in [-0.05, 0) is 12.0 Å². The molecule has 0 amide bonds. The van der Waals surface area contributed by atoms with Crippen LogP contribution < -0.4 is 5.73 Å². The highest BCUT2D eigenvalue weighted by Gasteiger charge is 2.08. The van der Waals surface area contributed by atoms with Crippen molar-refractivity contribution in [1.82, 2.24) is 9.78 Å². The molecule has 0 aliphatic rings. The van der Waals surface area contributed by atoms with E-state index in [1.54, 1.807) is 0 Å². The Morgan fingerprint density at radius 3 is 2.83 bits per heavy atom. The normalized spacial score (nSPS) is 11.6. The van der Waals surface area contributed by atoms with Gasteiger partial charge in [0, 0.05) is 18.5 Å². The van der Waals surface area contributed by atoms with E-state index >= 15 is 0 Å². The summed E-state index contributed by atoms with van der Waals surface area (Å²) in [5, 5.41) is 5.68. The molecule has 18 heavy (non-hydrogen) atoms. The summed E-state index contributed by atoms with van der Waals surface area (Å²) >= 11 is 0. The highest BCUT2D eigenvalue weighted by Crippen LogP contribution is 2.17. The zero-order valence-electron chi connectivity index (χ0n) is 11.1. The van der Waals surface area contributed by atoms with E-state index < -0.39 is 0 Å². The number of ether oxygens (including phenoxy) is 1. The number of aromatic nitrogens is 2. The van der Waals surface area contributed by atoms with E-state index in [0.29, 0.717) is 19.1 Å². The van der Waals surface area contributed by atoms with Gasteiger partial charge in [-0.3, -0.25) is 4.68 Å². The van der Waals surface area contributed by atoms with Gasteiger partial charge in [0.1, 0.15) is 0 Å². The first-order valence-corrected chi connectivity index (χ1v) is 6.44. The molecule has 0 aliphatic heterocycles. The van der Waals surface area contributed by atoms with Crippen LogP contribution in [0.15, 0.2) is 24.3 Å². The summed E-state index contributed by atoms with van der Waals surface area (Å²) in [6.45, 7) is 7.02. The van der Waals surface area contributed by atoms with Crippen molar-refractivity contribution in [2.24, 2.45) is 11.7 Å². The van der Waals surface area contributed by atoms with Crippen LogP contribution in [0, 0.1) is 5.92 Å². The second-order valence-electron chi connectivity index (χ2n) is 4.86. The fourth-order valence-corrected chi connectivity index (χ4v) is 1.99. The summed E-state index contributed by atoms with van der Waals surface area (Å²) in [6.07, 6.45) is 0. The maximum atomic E-state index is 5.72. The molecule has 4 nitrogen and oxygen atoms in total. The van der Waals surface area contributed by atoms with Crippen molar-refractivity contribution in [3.63, 3.8) is 0 Å². The second-order valence-corrected chi connectivity index (χ2v) is 4.86. The second kappa shape index (κ2) is 5.98. The van der Waals surface area contributed by atoms with Gasteiger partial charge in [-0.15, -0.1) is 0 Å². The molecule has 0 bridgehead atoms. The van der Waals surface area contributed by atoms with E-state index in [1.807, 2.05) is 16.8 Å². The van der Waals surface area contributed by atoms with E-state index in [-0.39, 0.29) is 0 Å². The first kappa shape index (κ1) is 13.1. The monoisotopic (exact) mass is 247 g/mol. The first-order valence-electron chi connectivity index (χ1n) is 6.44.